The summed E-state index contributed by atoms with van der Waals surface area (Å²) in [6, 6.07) is 65.0. The summed E-state index contributed by atoms with van der Waals surface area (Å²) >= 11 is 6.09. The Hall–Kier alpha value is -15.5. The molecule has 134 heavy (non-hydrogen) atoms. The monoisotopic (exact) mass is 1820 g/mol. The predicted molar refractivity (Wildman–Crippen MR) is 508 cm³/mol. The number of alkyl halides is 3. The van der Waals surface area contributed by atoms with Crippen LogP contribution in [0.2, 0.25) is 5.02 Å². The molecule has 0 aliphatic carbocycles. The third kappa shape index (κ3) is 22.0. The van der Waals surface area contributed by atoms with Gasteiger partial charge >= 0.3 is 6.18 Å². The van der Waals surface area contributed by atoms with Gasteiger partial charge in [-0.15, -0.1) is 0 Å². The van der Waals surface area contributed by atoms with E-state index in [0.717, 1.165) is 170 Å². The molecule has 12 aromatic heterocycles. The summed E-state index contributed by atoms with van der Waals surface area (Å²) in [5, 5.41) is 13.4. The first-order valence-corrected chi connectivity index (χ1v) is 44.2. The maximum Gasteiger partial charge on any atom is 0.416 e. The van der Waals surface area contributed by atoms with Crippen molar-refractivity contribution in [3.8, 4) is 90.6 Å². The Morgan fingerprint density at radius 2 is 0.619 bits per heavy atom. The lowest BCUT2D eigenvalue weighted by Crippen LogP contribution is -2.07. The molecule has 19 aromatic rings. The van der Waals surface area contributed by atoms with E-state index in [4.69, 9.17) is 41.5 Å². The largest absolute Gasteiger partial charge is 0.416 e. The van der Waals surface area contributed by atoms with Gasteiger partial charge in [0, 0.05) is 103 Å². The van der Waals surface area contributed by atoms with Crippen molar-refractivity contribution in [1.82, 2.24) is 77.4 Å². The van der Waals surface area contributed by atoms with Gasteiger partial charge in [0.1, 0.15) is 45.9 Å². The van der Waals surface area contributed by atoms with Gasteiger partial charge in [-0.3, -0.25) is 17.6 Å². The summed E-state index contributed by atoms with van der Waals surface area (Å²) in [6.07, 6.45) is 18.6. The lowest BCUT2D eigenvalue weighted by atomic mass is 10.1. The molecule has 4 N–H and O–H groups in total. The van der Waals surface area contributed by atoms with E-state index in [1.54, 1.807) is 85.5 Å². The summed E-state index contributed by atoms with van der Waals surface area (Å²) in [7, 11) is 0. The number of fused-ring (bicyclic) bond motifs is 4. The molecule has 7 aromatic carbocycles. The minimum Gasteiger partial charge on any atom is -0.354 e. The maximum absolute atomic E-state index is 13.6. The van der Waals surface area contributed by atoms with Gasteiger partial charge in [0.25, 0.3) is 0 Å². The number of hydrogen-bond donors (Lipinski definition) is 4. The number of anilines is 4. The van der Waals surface area contributed by atoms with Crippen LogP contribution in [-0.4, -0.2) is 84.0 Å². The van der Waals surface area contributed by atoms with Crippen molar-refractivity contribution in [2.24, 2.45) is 0 Å². The van der Waals surface area contributed by atoms with Crippen LogP contribution in [0.1, 0.15) is 105 Å². The van der Waals surface area contributed by atoms with E-state index >= 15 is 0 Å². The average molecular weight is 1830 g/mol. The Morgan fingerprint density at radius 1 is 0.299 bits per heavy atom. The summed E-state index contributed by atoms with van der Waals surface area (Å²) in [4.78, 5) is 55.5. The highest BCUT2D eigenvalue weighted by Crippen LogP contribution is 2.39. The average Bonchev–Trinajstić information content (AvgIpc) is 1.62. The van der Waals surface area contributed by atoms with Crippen molar-refractivity contribution in [1.29, 1.82) is 0 Å². The molecular weight excluding hydrogens is 1740 g/mol. The molecule has 0 radical (unpaired) electrons. The molecule has 20 nitrogen and oxygen atoms in total. The van der Waals surface area contributed by atoms with Crippen LogP contribution >= 0.6 is 11.6 Å². The lowest BCUT2D eigenvalue weighted by Gasteiger charge is -2.10. The van der Waals surface area contributed by atoms with Crippen LogP contribution < -0.4 is 21.3 Å². The lowest BCUT2D eigenvalue weighted by molar-refractivity contribution is -0.137. The zero-order chi connectivity index (χ0) is 93.4. The van der Waals surface area contributed by atoms with E-state index in [1.807, 2.05) is 103 Å². The number of imidazole rings is 4. The Morgan fingerprint density at radius 3 is 0.933 bits per heavy atom. The maximum atomic E-state index is 13.6. The quantitative estimate of drug-likeness (QED) is 0.0278. The highest BCUT2D eigenvalue weighted by molar-refractivity contribution is 6.30. The van der Waals surface area contributed by atoms with Gasteiger partial charge in [0.2, 0.25) is 23.8 Å². The van der Waals surface area contributed by atoms with Gasteiger partial charge in [-0.25, -0.2) is 86.2 Å². The number of nitrogens with zero attached hydrogens (tertiary/aromatic N) is 16. The fraction of sp³-hybridized carbons (Fsp3) is 0.173. The minimum absolute atomic E-state index is 0.221. The fourth-order valence-electron chi connectivity index (χ4n) is 15.1. The van der Waals surface area contributed by atoms with Gasteiger partial charge in [-0.1, -0.05) is 95.8 Å². The summed E-state index contributed by atoms with van der Waals surface area (Å²) in [5.41, 5.74) is 21.3. The van der Waals surface area contributed by atoms with E-state index < -0.39 is 23.4 Å². The molecular formula is C104H90ClF9N20. The fourth-order valence-corrected chi connectivity index (χ4v) is 15.4. The number of hydrogen-bond acceptors (Lipinski definition) is 16. The van der Waals surface area contributed by atoms with E-state index in [1.165, 1.54) is 97.1 Å². The van der Waals surface area contributed by atoms with Crippen LogP contribution in [0.15, 0.2) is 286 Å². The van der Waals surface area contributed by atoms with Gasteiger partial charge < -0.3 is 21.3 Å². The van der Waals surface area contributed by atoms with Gasteiger partial charge in [0.15, 0.2) is 11.6 Å². The Balaban J connectivity index is 0.000000130. The van der Waals surface area contributed by atoms with E-state index in [0.29, 0.717) is 69.3 Å². The highest BCUT2D eigenvalue weighted by atomic mass is 35.5. The van der Waals surface area contributed by atoms with Crippen molar-refractivity contribution < 1.29 is 39.5 Å². The second kappa shape index (κ2) is 42.1. The standard InChI is InChI=1S/C27H21F4N5.C26H21ClFN5.C26H20F3N5.C25H28FN5/c1-2-17-12-14-36-23(15-17)35-24(19-5-9-21(28)10-6-19)25(36)22-11-13-32-26(34-22)33-16-18-3-7-20(8-4-18)27(29,30)31;1-2-17-11-13-33-23(15-17)32-24(19-6-8-21(28)9-7-19)25(33)22-10-12-29-26(31-22)30-16-18-4-3-5-20(27)14-18;1-2-16-10-12-34-23(14-16)33-24(18-4-6-19(27)7-5-18)25(34)22-9-11-30-26(32-22)31-15-17-3-8-20(28)21(29)13-17;1-3-5-6-7-14-27-25-28-15-12-21(29-25)24-23(19-8-10-20(26)11-9-19)30-22-17-18(4-2)13-16-31(22)24/h3-15H,2,16H2,1H3,(H,32,33,34);3-15H,2,16H2,1H3,(H,29,30,31);3-14H,2,15H2,1H3,(H,30,31,32);8-13,15-17H,3-7,14H2,1-2H3,(H,27,28,29). The van der Waals surface area contributed by atoms with Crippen LogP contribution in [0.25, 0.3) is 113 Å². The van der Waals surface area contributed by atoms with E-state index in [2.05, 4.69) is 110 Å². The number of aromatic nitrogens is 16. The molecule has 0 unspecified atom stereocenters. The highest BCUT2D eigenvalue weighted by Gasteiger charge is 2.31. The first kappa shape index (κ1) is 91.8. The second-order valence-electron chi connectivity index (χ2n) is 31.4. The minimum atomic E-state index is -4.38. The molecule has 0 aliphatic rings. The molecule has 0 saturated carbocycles. The second-order valence-corrected chi connectivity index (χ2v) is 31.9. The molecule has 19 rings (SSSR count). The number of halogens is 10. The van der Waals surface area contributed by atoms with Crippen LogP contribution in [0, 0.1) is 34.9 Å². The number of benzene rings is 7. The van der Waals surface area contributed by atoms with Crippen molar-refractivity contribution in [3.05, 3.63) is 371 Å². The molecule has 0 atom stereocenters. The summed E-state index contributed by atoms with van der Waals surface area (Å²) in [5.74, 6) is -1.26. The van der Waals surface area contributed by atoms with Crippen LogP contribution in [0.3, 0.4) is 0 Å². The first-order valence-electron chi connectivity index (χ1n) is 43.8. The molecule has 0 spiro atoms. The summed E-state index contributed by atoms with van der Waals surface area (Å²) in [6.45, 7) is 12.4. The van der Waals surface area contributed by atoms with Gasteiger partial charge in [0.05, 0.1) is 73.9 Å². The van der Waals surface area contributed by atoms with Crippen LogP contribution in [-0.2, 0) is 51.5 Å². The third-order valence-electron chi connectivity index (χ3n) is 22.3. The SMILES string of the molecule is CCCCCCNc1nccc(-c2c(-c3ccc(F)cc3)nc3cc(CC)ccn23)n1.CCc1ccn2c(-c3ccnc(NCc4ccc(C(F)(F)F)cc4)n3)c(-c3ccc(F)cc3)nc2c1.CCc1ccn2c(-c3ccnc(NCc4ccc(F)c(F)c4)n3)c(-c3ccc(F)cc3)nc2c1.CCc1ccn2c(-c3ccnc(NCc4cccc(Cl)c4)n3)c(-c3ccc(F)cc3)nc2c1. The number of unbranched alkanes of at least 4 members (excludes halogenated alkanes) is 3. The molecule has 0 bridgehead atoms. The molecule has 0 saturated heterocycles. The zero-order valence-corrected chi connectivity index (χ0v) is 74.3. The van der Waals surface area contributed by atoms with Crippen molar-refractivity contribution >= 4 is 58.0 Å². The Kier molecular flexibility index (Phi) is 28.9. The topological polar surface area (TPSA) is 220 Å². The molecule has 0 fully saturated rings. The third-order valence-corrected chi connectivity index (χ3v) is 22.5. The number of aryl methyl sites for hydroxylation is 4. The smallest absolute Gasteiger partial charge is 0.354 e. The molecule has 30 heteroatoms. The summed E-state index contributed by atoms with van der Waals surface area (Å²) < 4.78 is 127. The normalized spacial score (nSPS) is 11.3. The number of pyridine rings is 4. The van der Waals surface area contributed by atoms with Crippen LogP contribution in [0.5, 0.6) is 0 Å². The van der Waals surface area contributed by atoms with Crippen molar-refractivity contribution in [3.63, 3.8) is 0 Å². The Bertz CT molecular complexity index is 7290. The van der Waals surface area contributed by atoms with Gasteiger partial charge in [-0.2, -0.15) is 13.2 Å². The first-order chi connectivity index (χ1) is 65.1. The predicted octanol–water partition coefficient (Wildman–Crippen LogP) is 25.4. The Labute approximate surface area is 771 Å². The molecule has 0 amide bonds. The van der Waals surface area contributed by atoms with Crippen LogP contribution in [0.4, 0.5) is 63.3 Å². The van der Waals surface area contributed by atoms with Crippen molar-refractivity contribution in [2.45, 2.75) is 112 Å². The molecule has 12 heterocycles. The van der Waals surface area contributed by atoms with Crippen molar-refractivity contribution in [2.75, 3.05) is 27.8 Å². The van der Waals surface area contributed by atoms with E-state index in [-0.39, 0.29) is 36.4 Å². The van der Waals surface area contributed by atoms with Gasteiger partial charge in [-0.05, 0) is 277 Å². The van der Waals surface area contributed by atoms with E-state index in [9.17, 15) is 39.5 Å². The molecule has 0 aliphatic heterocycles. The number of nitrogens with one attached hydrogen (secondary N) is 4. The number of rotatable bonds is 27. The zero-order valence-electron chi connectivity index (χ0n) is 73.6. The molecule has 676 valence electrons.